The summed E-state index contributed by atoms with van der Waals surface area (Å²) in [7, 11) is 0. The lowest BCUT2D eigenvalue weighted by molar-refractivity contribution is 0.593. The van der Waals surface area contributed by atoms with Crippen LogP contribution in [0.4, 0.5) is 0 Å². The van der Waals surface area contributed by atoms with Gasteiger partial charge < -0.3 is 0 Å². The molecule has 0 nitrogen and oxygen atoms in total. The van der Waals surface area contributed by atoms with Crippen molar-refractivity contribution in [1.82, 2.24) is 0 Å². The van der Waals surface area contributed by atoms with E-state index in [-0.39, 0.29) is 0 Å². The van der Waals surface area contributed by atoms with Crippen LogP contribution in [-0.2, 0) is 6.42 Å². The SMILES string of the molecule is CC(CCl)CCc1ccc(Br)cc1. The smallest absolute Gasteiger partial charge is 0.0249 e. The van der Waals surface area contributed by atoms with Crippen LogP contribution in [0.1, 0.15) is 18.9 Å². The molecule has 0 spiro atoms. The van der Waals surface area contributed by atoms with Crippen molar-refractivity contribution in [3.8, 4) is 0 Å². The molecule has 0 saturated heterocycles. The van der Waals surface area contributed by atoms with Crippen LogP contribution in [0.3, 0.4) is 0 Å². The molecule has 0 heterocycles. The highest BCUT2D eigenvalue weighted by Gasteiger charge is 2.00. The third-order valence-electron chi connectivity index (χ3n) is 2.10. The van der Waals surface area contributed by atoms with E-state index >= 15 is 0 Å². The standard InChI is InChI=1S/C11H14BrCl/c1-9(8-13)2-3-10-4-6-11(12)7-5-10/h4-7,9H,2-3,8H2,1H3. The summed E-state index contributed by atoms with van der Waals surface area (Å²) in [6, 6.07) is 8.48. The normalized spacial score (nSPS) is 12.8. The van der Waals surface area contributed by atoms with Gasteiger partial charge in [0.2, 0.25) is 0 Å². The molecule has 1 aromatic rings. The average Bonchev–Trinajstić information content (AvgIpc) is 2.16. The van der Waals surface area contributed by atoms with Gasteiger partial charge in [-0.05, 0) is 36.5 Å². The van der Waals surface area contributed by atoms with E-state index in [0.29, 0.717) is 5.92 Å². The second-order valence-corrected chi connectivity index (χ2v) is 4.65. The minimum absolute atomic E-state index is 0.616. The number of aryl methyl sites for hydroxylation is 1. The topological polar surface area (TPSA) is 0 Å². The number of hydrogen-bond donors (Lipinski definition) is 0. The van der Waals surface area contributed by atoms with Crippen LogP contribution in [0.15, 0.2) is 28.7 Å². The van der Waals surface area contributed by atoms with Gasteiger partial charge in [0.25, 0.3) is 0 Å². The summed E-state index contributed by atoms with van der Waals surface area (Å²) in [5.74, 6) is 1.38. The number of alkyl halides is 1. The summed E-state index contributed by atoms with van der Waals surface area (Å²) in [5.41, 5.74) is 1.39. The Morgan fingerprint density at radius 1 is 1.31 bits per heavy atom. The van der Waals surface area contributed by atoms with Crippen molar-refractivity contribution >= 4 is 27.5 Å². The zero-order valence-corrected chi connectivity index (χ0v) is 10.1. The first-order valence-corrected chi connectivity index (χ1v) is 5.85. The van der Waals surface area contributed by atoms with E-state index in [1.54, 1.807) is 0 Å². The lowest BCUT2D eigenvalue weighted by Crippen LogP contribution is -1.98. The minimum Gasteiger partial charge on any atom is -0.126 e. The van der Waals surface area contributed by atoms with Gasteiger partial charge in [-0.1, -0.05) is 35.0 Å². The van der Waals surface area contributed by atoms with Crippen LogP contribution in [0.25, 0.3) is 0 Å². The summed E-state index contributed by atoms with van der Waals surface area (Å²) in [5, 5.41) is 0. The summed E-state index contributed by atoms with van der Waals surface area (Å²) in [6.07, 6.45) is 2.30. The average molecular weight is 262 g/mol. The minimum atomic E-state index is 0.616. The third-order valence-corrected chi connectivity index (χ3v) is 3.16. The fourth-order valence-electron chi connectivity index (χ4n) is 1.14. The van der Waals surface area contributed by atoms with E-state index in [2.05, 4.69) is 47.1 Å². The van der Waals surface area contributed by atoms with E-state index in [9.17, 15) is 0 Å². The highest BCUT2D eigenvalue weighted by atomic mass is 79.9. The van der Waals surface area contributed by atoms with E-state index in [4.69, 9.17) is 11.6 Å². The first kappa shape index (κ1) is 11.1. The molecule has 0 aliphatic carbocycles. The van der Waals surface area contributed by atoms with Crippen LogP contribution in [0, 0.1) is 5.92 Å². The largest absolute Gasteiger partial charge is 0.126 e. The number of hydrogen-bond acceptors (Lipinski definition) is 0. The van der Waals surface area contributed by atoms with E-state index < -0.39 is 0 Å². The Labute approximate surface area is 93.4 Å². The van der Waals surface area contributed by atoms with Crippen LogP contribution in [0.2, 0.25) is 0 Å². The van der Waals surface area contributed by atoms with Gasteiger partial charge in [0, 0.05) is 10.4 Å². The Morgan fingerprint density at radius 2 is 1.92 bits per heavy atom. The molecule has 13 heavy (non-hydrogen) atoms. The van der Waals surface area contributed by atoms with Crippen LogP contribution in [0.5, 0.6) is 0 Å². The number of rotatable bonds is 4. The van der Waals surface area contributed by atoms with Gasteiger partial charge in [-0.2, -0.15) is 0 Å². The van der Waals surface area contributed by atoms with Gasteiger partial charge in [-0.25, -0.2) is 0 Å². The van der Waals surface area contributed by atoms with Crippen molar-refractivity contribution in [2.45, 2.75) is 19.8 Å². The number of halogens is 2. The van der Waals surface area contributed by atoms with Crippen LogP contribution < -0.4 is 0 Å². The predicted molar refractivity (Wildman–Crippen MR) is 62.3 cm³/mol. The Morgan fingerprint density at radius 3 is 2.46 bits per heavy atom. The summed E-state index contributed by atoms with van der Waals surface area (Å²) < 4.78 is 1.14. The fraction of sp³-hybridized carbons (Fsp3) is 0.455. The van der Waals surface area contributed by atoms with E-state index in [1.807, 2.05) is 0 Å². The first-order chi connectivity index (χ1) is 6.22. The molecule has 1 rings (SSSR count). The maximum absolute atomic E-state index is 5.74. The van der Waals surface area contributed by atoms with Crippen molar-refractivity contribution in [2.75, 3.05) is 5.88 Å². The van der Waals surface area contributed by atoms with Gasteiger partial charge >= 0.3 is 0 Å². The molecule has 0 saturated carbocycles. The molecule has 0 fully saturated rings. The van der Waals surface area contributed by atoms with Gasteiger partial charge in [-0.3, -0.25) is 0 Å². The lowest BCUT2D eigenvalue weighted by Gasteiger charge is -2.06. The van der Waals surface area contributed by atoms with Gasteiger partial charge in [0.05, 0.1) is 0 Å². The summed E-state index contributed by atoms with van der Waals surface area (Å²) in [6.45, 7) is 2.19. The maximum atomic E-state index is 5.74. The lowest BCUT2D eigenvalue weighted by atomic mass is 10.0. The van der Waals surface area contributed by atoms with Gasteiger partial charge in [0.1, 0.15) is 0 Å². The van der Waals surface area contributed by atoms with Gasteiger partial charge in [-0.15, -0.1) is 11.6 Å². The third kappa shape index (κ3) is 4.15. The molecule has 72 valence electrons. The molecule has 2 heteroatoms. The van der Waals surface area contributed by atoms with Crippen LogP contribution in [-0.4, -0.2) is 5.88 Å². The molecule has 0 N–H and O–H groups in total. The highest BCUT2D eigenvalue weighted by molar-refractivity contribution is 9.10. The van der Waals surface area contributed by atoms with Crippen molar-refractivity contribution in [1.29, 1.82) is 0 Å². The quantitative estimate of drug-likeness (QED) is 0.711. The Bertz CT molecular complexity index is 243. The monoisotopic (exact) mass is 260 g/mol. The summed E-state index contributed by atoms with van der Waals surface area (Å²) in [4.78, 5) is 0. The maximum Gasteiger partial charge on any atom is 0.0249 e. The van der Waals surface area contributed by atoms with Crippen molar-refractivity contribution in [2.24, 2.45) is 5.92 Å². The van der Waals surface area contributed by atoms with E-state index in [1.165, 1.54) is 12.0 Å². The Balaban J connectivity index is 2.41. The molecule has 0 aromatic heterocycles. The molecule has 0 amide bonds. The molecule has 0 aliphatic rings. The molecule has 0 aliphatic heterocycles. The van der Waals surface area contributed by atoms with E-state index in [0.717, 1.165) is 16.8 Å². The Kier molecular flexibility index (Phi) is 4.82. The highest BCUT2D eigenvalue weighted by Crippen LogP contribution is 2.14. The predicted octanol–water partition coefficient (Wildman–Crippen LogP) is 4.26. The molecule has 1 aromatic carbocycles. The second-order valence-electron chi connectivity index (χ2n) is 3.42. The molecular formula is C11H14BrCl. The molecular weight excluding hydrogens is 247 g/mol. The molecule has 0 radical (unpaired) electrons. The Hall–Kier alpha value is -0.0100. The zero-order valence-electron chi connectivity index (χ0n) is 7.76. The zero-order chi connectivity index (χ0) is 9.68. The molecule has 1 atom stereocenters. The molecule has 1 unspecified atom stereocenters. The number of benzene rings is 1. The van der Waals surface area contributed by atoms with Crippen molar-refractivity contribution in [3.05, 3.63) is 34.3 Å². The fourth-order valence-corrected chi connectivity index (χ4v) is 1.56. The van der Waals surface area contributed by atoms with Crippen LogP contribution >= 0.6 is 27.5 Å². The van der Waals surface area contributed by atoms with Crippen molar-refractivity contribution < 1.29 is 0 Å². The first-order valence-electron chi connectivity index (χ1n) is 4.53. The summed E-state index contributed by atoms with van der Waals surface area (Å²) >= 11 is 9.15. The van der Waals surface area contributed by atoms with Crippen molar-refractivity contribution in [3.63, 3.8) is 0 Å². The second kappa shape index (κ2) is 5.66. The van der Waals surface area contributed by atoms with Gasteiger partial charge in [0.15, 0.2) is 0 Å². The molecule has 0 bridgehead atoms.